The van der Waals surface area contributed by atoms with Crippen LogP contribution in [0.2, 0.25) is 0 Å². The van der Waals surface area contributed by atoms with E-state index < -0.39 is 5.72 Å². The van der Waals surface area contributed by atoms with Crippen molar-refractivity contribution in [1.29, 1.82) is 0 Å². The smallest absolute Gasteiger partial charge is 0.266 e. The lowest BCUT2D eigenvalue weighted by Crippen LogP contribution is -2.39. The highest BCUT2D eigenvalue weighted by Crippen LogP contribution is 2.47. The van der Waals surface area contributed by atoms with Crippen molar-refractivity contribution in [3.8, 4) is 11.4 Å². The molecule has 0 amide bonds. The van der Waals surface area contributed by atoms with Gasteiger partial charge in [0.2, 0.25) is 5.72 Å². The van der Waals surface area contributed by atoms with Crippen molar-refractivity contribution in [3.05, 3.63) is 94.0 Å². The fourth-order valence-corrected chi connectivity index (χ4v) is 5.65. The van der Waals surface area contributed by atoms with Gasteiger partial charge in [-0.15, -0.1) is 0 Å². The molecule has 3 aliphatic heterocycles. The minimum atomic E-state index is -0.773. The van der Waals surface area contributed by atoms with Crippen LogP contribution in [0.4, 0.5) is 5.69 Å². The van der Waals surface area contributed by atoms with Crippen LogP contribution in [-0.4, -0.2) is 54.5 Å². The molecule has 8 heteroatoms. The fourth-order valence-electron chi connectivity index (χ4n) is 5.65. The van der Waals surface area contributed by atoms with E-state index in [2.05, 4.69) is 28.0 Å². The first kappa shape index (κ1) is 22.5. The second-order valence-corrected chi connectivity index (χ2v) is 9.73. The molecule has 0 radical (unpaired) electrons. The van der Waals surface area contributed by atoms with E-state index in [0.29, 0.717) is 23.3 Å². The summed E-state index contributed by atoms with van der Waals surface area (Å²) in [4.78, 5) is 23.6. The zero-order valence-corrected chi connectivity index (χ0v) is 20.7. The van der Waals surface area contributed by atoms with Crippen molar-refractivity contribution in [3.63, 3.8) is 0 Å². The lowest BCUT2D eigenvalue weighted by molar-refractivity contribution is 0.0631. The van der Waals surface area contributed by atoms with E-state index >= 15 is 0 Å². The third-order valence-electron chi connectivity index (χ3n) is 7.69. The van der Waals surface area contributed by atoms with E-state index in [4.69, 9.17) is 19.2 Å². The number of para-hydroxylation sites is 1. The monoisotopic (exact) mass is 496 g/mol. The predicted octanol–water partition coefficient (Wildman–Crippen LogP) is 3.43. The Bertz CT molecular complexity index is 1540. The van der Waals surface area contributed by atoms with E-state index in [1.807, 2.05) is 48.5 Å². The highest BCUT2D eigenvalue weighted by molar-refractivity contribution is 5.78. The summed E-state index contributed by atoms with van der Waals surface area (Å²) in [5.74, 6) is 1.34. The van der Waals surface area contributed by atoms with Crippen molar-refractivity contribution in [2.75, 3.05) is 44.9 Å². The van der Waals surface area contributed by atoms with Crippen molar-refractivity contribution in [1.82, 2.24) is 14.5 Å². The number of morpholine rings is 1. The van der Waals surface area contributed by atoms with Gasteiger partial charge in [-0.25, -0.2) is 4.98 Å². The molecule has 37 heavy (non-hydrogen) atoms. The van der Waals surface area contributed by atoms with Crippen LogP contribution < -0.4 is 15.2 Å². The normalized spacial score (nSPS) is 21.3. The molecule has 0 aliphatic carbocycles. The molecule has 1 unspecified atom stereocenters. The van der Waals surface area contributed by atoms with Crippen LogP contribution in [0.1, 0.15) is 17.0 Å². The number of nitrogens with zero attached hydrogens (tertiary/aromatic N) is 4. The predicted molar refractivity (Wildman–Crippen MR) is 140 cm³/mol. The van der Waals surface area contributed by atoms with Crippen LogP contribution in [0.25, 0.3) is 16.6 Å². The van der Waals surface area contributed by atoms with Crippen molar-refractivity contribution < 1.29 is 14.2 Å². The number of methoxy groups -OCH3 is 1. The molecule has 1 atom stereocenters. The van der Waals surface area contributed by atoms with Gasteiger partial charge in [-0.2, -0.15) is 0 Å². The second kappa shape index (κ2) is 8.69. The number of rotatable bonds is 5. The van der Waals surface area contributed by atoms with Gasteiger partial charge in [0.1, 0.15) is 12.4 Å². The molecule has 2 saturated heterocycles. The standard InChI is InChI=1S/C29H28N4O4/c1-35-22-11-9-21(10-12-22)33-27(34)23-6-2-3-7-25(23)30-28(33)29(19-37-29)32-17-20-5-4-8-26(24(20)18-32)31-13-15-36-16-14-31/h2-12H,13-19H2,1H3. The second-order valence-electron chi connectivity index (χ2n) is 9.73. The lowest BCUT2D eigenvalue weighted by atomic mass is 10.1. The van der Waals surface area contributed by atoms with E-state index in [1.54, 1.807) is 11.7 Å². The molecule has 2 fully saturated rings. The minimum absolute atomic E-state index is 0.105. The summed E-state index contributed by atoms with van der Waals surface area (Å²) in [6, 6.07) is 21.6. The number of ether oxygens (including phenoxy) is 3. The first-order valence-corrected chi connectivity index (χ1v) is 12.7. The molecular weight excluding hydrogens is 468 g/mol. The highest BCUT2D eigenvalue weighted by Gasteiger charge is 2.57. The Balaban J connectivity index is 1.33. The molecule has 1 aromatic heterocycles. The van der Waals surface area contributed by atoms with Gasteiger partial charge in [0.05, 0.1) is 36.9 Å². The summed E-state index contributed by atoms with van der Waals surface area (Å²) in [7, 11) is 1.63. The molecule has 0 bridgehead atoms. The molecule has 0 N–H and O–H groups in total. The van der Waals surface area contributed by atoms with Crippen molar-refractivity contribution >= 4 is 16.6 Å². The quantitative estimate of drug-likeness (QED) is 0.392. The van der Waals surface area contributed by atoms with Crippen LogP contribution >= 0.6 is 0 Å². The summed E-state index contributed by atoms with van der Waals surface area (Å²) in [6.45, 7) is 5.22. The maximum atomic E-state index is 13.9. The summed E-state index contributed by atoms with van der Waals surface area (Å²) < 4.78 is 18.9. The van der Waals surface area contributed by atoms with Gasteiger partial charge < -0.3 is 19.1 Å². The SMILES string of the molecule is COc1ccc(-n2c(C3(N4Cc5cccc(N6CCOCC6)c5C4)CO3)nc3ccccc3c2=O)cc1. The van der Waals surface area contributed by atoms with E-state index in [9.17, 15) is 4.79 Å². The third-order valence-corrected chi connectivity index (χ3v) is 7.69. The molecule has 7 rings (SSSR count). The Morgan fingerprint density at radius 2 is 1.73 bits per heavy atom. The molecule has 4 aromatic rings. The van der Waals surface area contributed by atoms with Gasteiger partial charge in [-0.05, 0) is 53.6 Å². The molecule has 3 aliphatic rings. The highest BCUT2D eigenvalue weighted by atomic mass is 16.6. The molecule has 8 nitrogen and oxygen atoms in total. The van der Waals surface area contributed by atoms with Gasteiger partial charge in [-0.1, -0.05) is 24.3 Å². The average molecular weight is 497 g/mol. The lowest BCUT2D eigenvalue weighted by Gasteiger charge is -2.31. The Labute approximate surface area is 214 Å². The molecule has 0 saturated carbocycles. The molecular formula is C29H28N4O4. The van der Waals surface area contributed by atoms with E-state index in [-0.39, 0.29) is 5.56 Å². The number of fused-ring (bicyclic) bond motifs is 2. The third kappa shape index (κ3) is 3.63. The molecule has 188 valence electrons. The Morgan fingerprint density at radius 3 is 2.49 bits per heavy atom. The first-order valence-electron chi connectivity index (χ1n) is 12.7. The maximum Gasteiger partial charge on any atom is 0.266 e. The summed E-state index contributed by atoms with van der Waals surface area (Å²) >= 11 is 0. The number of anilines is 1. The van der Waals surface area contributed by atoms with Crippen LogP contribution in [0.3, 0.4) is 0 Å². The van der Waals surface area contributed by atoms with Gasteiger partial charge in [-0.3, -0.25) is 14.3 Å². The topological polar surface area (TPSA) is 72.4 Å². The Kier molecular flexibility index (Phi) is 5.28. The van der Waals surface area contributed by atoms with E-state index in [1.165, 1.54) is 16.8 Å². The number of aromatic nitrogens is 2. The Morgan fingerprint density at radius 1 is 0.946 bits per heavy atom. The van der Waals surface area contributed by atoms with Gasteiger partial charge in [0.25, 0.3) is 5.56 Å². The maximum absolute atomic E-state index is 13.9. The van der Waals surface area contributed by atoms with E-state index in [0.717, 1.165) is 50.8 Å². The number of hydrogen-bond donors (Lipinski definition) is 0. The molecule has 3 aromatic carbocycles. The van der Waals surface area contributed by atoms with Gasteiger partial charge in [0.15, 0.2) is 5.82 Å². The zero-order valence-electron chi connectivity index (χ0n) is 20.7. The fraction of sp³-hybridized carbons (Fsp3) is 0.310. The number of hydrogen-bond acceptors (Lipinski definition) is 7. The average Bonchev–Trinajstić information content (AvgIpc) is 3.64. The molecule has 0 spiro atoms. The van der Waals surface area contributed by atoms with Gasteiger partial charge in [0, 0.05) is 31.9 Å². The van der Waals surface area contributed by atoms with Gasteiger partial charge >= 0.3 is 0 Å². The van der Waals surface area contributed by atoms with Crippen LogP contribution in [0.15, 0.2) is 71.5 Å². The summed E-state index contributed by atoms with van der Waals surface area (Å²) in [5, 5.41) is 0.581. The van der Waals surface area contributed by atoms with Crippen molar-refractivity contribution in [2.24, 2.45) is 0 Å². The van der Waals surface area contributed by atoms with Crippen LogP contribution in [0, 0.1) is 0 Å². The molecule has 4 heterocycles. The summed E-state index contributed by atoms with van der Waals surface area (Å²) in [5.41, 5.74) is 4.40. The van der Waals surface area contributed by atoms with Crippen LogP contribution in [0.5, 0.6) is 5.75 Å². The minimum Gasteiger partial charge on any atom is -0.497 e. The number of benzene rings is 3. The zero-order chi connectivity index (χ0) is 25.0. The first-order chi connectivity index (χ1) is 18.2. The van der Waals surface area contributed by atoms with Crippen molar-refractivity contribution in [2.45, 2.75) is 18.8 Å². The van der Waals surface area contributed by atoms with Crippen LogP contribution in [-0.2, 0) is 28.3 Å². The summed E-state index contributed by atoms with van der Waals surface area (Å²) in [6.07, 6.45) is 0. The number of epoxide rings is 1. The Hall–Kier alpha value is -3.72. The largest absolute Gasteiger partial charge is 0.497 e.